The molecule has 0 spiro atoms. The fraction of sp³-hybridized carbons (Fsp3) is 0.652. The molecular formula is C23H29NO7. The molecule has 3 aliphatic rings. The van der Waals surface area contributed by atoms with E-state index >= 15 is 0 Å². The predicted molar refractivity (Wildman–Crippen MR) is 107 cm³/mol. The topological polar surface area (TPSA) is 112 Å². The van der Waals surface area contributed by atoms with Gasteiger partial charge in [0.15, 0.2) is 11.9 Å². The third-order valence-electron chi connectivity index (χ3n) is 7.89. The summed E-state index contributed by atoms with van der Waals surface area (Å²) in [6, 6.07) is 1.75. The van der Waals surface area contributed by atoms with Gasteiger partial charge in [-0.15, -0.1) is 0 Å². The number of Topliss-reactive ketones (excluding diaryl/α,β-unsaturated/α-hetero) is 1. The Morgan fingerprint density at radius 1 is 1.23 bits per heavy atom. The summed E-state index contributed by atoms with van der Waals surface area (Å²) in [4.78, 5) is 51.3. The van der Waals surface area contributed by atoms with E-state index in [-0.39, 0.29) is 24.1 Å². The van der Waals surface area contributed by atoms with E-state index in [0.29, 0.717) is 19.3 Å². The number of ketones is 1. The highest BCUT2D eigenvalue weighted by atomic mass is 16.6. The first-order valence-electron chi connectivity index (χ1n) is 10.8. The standard InChI is InChI=1S/C23H29NO7/c1-12(25)30-16-9-15(20(27)24-4)22(2)7-5-14-21(28)31-17(13-6-8-29-11-13)10-23(14,3)19(22)18(16)26/h6,8,11,14-17,19H,5,7,9-10H2,1-4H3,(H,24,27)/t14-,15+,16+,17+,19+,22+,23+/m1/s1. The SMILES string of the molecule is CNC(=O)[C@@H]1C[C@H](OC(C)=O)C(=O)[C@@H]2[C@@]3(C)C[C@@H](c4ccoc4)OC(=O)[C@H]3CC[C@]21C. The molecule has 7 atom stereocenters. The van der Waals surface area contributed by atoms with Crippen LogP contribution in [0.2, 0.25) is 0 Å². The number of hydrogen-bond donors (Lipinski definition) is 1. The molecule has 0 radical (unpaired) electrons. The maximum Gasteiger partial charge on any atom is 0.310 e. The number of carbonyl (C=O) groups is 4. The summed E-state index contributed by atoms with van der Waals surface area (Å²) in [5, 5.41) is 2.71. The summed E-state index contributed by atoms with van der Waals surface area (Å²) in [5.41, 5.74) is -0.660. The molecule has 3 fully saturated rings. The van der Waals surface area contributed by atoms with Gasteiger partial charge >= 0.3 is 11.9 Å². The van der Waals surface area contributed by atoms with Gasteiger partial charge in [0.05, 0.1) is 18.4 Å². The Bertz CT molecular complexity index is 909. The highest BCUT2D eigenvalue weighted by molar-refractivity contribution is 5.93. The number of esters is 2. The van der Waals surface area contributed by atoms with Crippen molar-refractivity contribution in [3.8, 4) is 0 Å². The molecule has 168 valence electrons. The number of rotatable bonds is 3. The molecule has 0 unspecified atom stereocenters. The number of cyclic esters (lactones) is 1. The highest BCUT2D eigenvalue weighted by Gasteiger charge is 2.67. The fourth-order valence-corrected chi connectivity index (χ4v) is 6.54. The Labute approximate surface area is 181 Å². The van der Waals surface area contributed by atoms with Crippen molar-refractivity contribution >= 4 is 23.6 Å². The number of fused-ring (bicyclic) bond motifs is 3. The normalized spacial score (nSPS) is 39.7. The lowest BCUT2D eigenvalue weighted by Crippen LogP contribution is -2.65. The van der Waals surface area contributed by atoms with Crippen molar-refractivity contribution in [2.24, 2.45) is 28.6 Å². The second kappa shape index (κ2) is 7.50. The molecule has 2 heterocycles. The van der Waals surface area contributed by atoms with Crippen LogP contribution in [-0.4, -0.2) is 36.8 Å². The molecule has 2 saturated carbocycles. The zero-order chi connectivity index (χ0) is 22.6. The second-order valence-corrected chi connectivity index (χ2v) is 9.63. The zero-order valence-corrected chi connectivity index (χ0v) is 18.3. The van der Waals surface area contributed by atoms with Gasteiger partial charge in [-0.25, -0.2) is 0 Å². The molecule has 1 N–H and O–H groups in total. The van der Waals surface area contributed by atoms with Gasteiger partial charge in [-0.05, 0) is 36.2 Å². The first kappa shape index (κ1) is 21.6. The van der Waals surface area contributed by atoms with Crippen molar-refractivity contribution in [2.45, 2.75) is 58.7 Å². The average Bonchev–Trinajstić information content (AvgIpc) is 3.23. The summed E-state index contributed by atoms with van der Waals surface area (Å²) in [6.07, 6.45) is 3.20. The van der Waals surface area contributed by atoms with Gasteiger partial charge in [-0.2, -0.15) is 0 Å². The van der Waals surface area contributed by atoms with Crippen LogP contribution in [-0.2, 0) is 28.7 Å². The maximum absolute atomic E-state index is 13.7. The van der Waals surface area contributed by atoms with Crippen molar-refractivity contribution in [1.29, 1.82) is 0 Å². The summed E-state index contributed by atoms with van der Waals surface area (Å²) in [6.45, 7) is 5.17. The molecule has 1 saturated heterocycles. The van der Waals surface area contributed by atoms with Crippen molar-refractivity contribution in [3.63, 3.8) is 0 Å². The minimum atomic E-state index is -1.00. The number of nitrogens with one attached hydrogen (secondary N) is 1. The fourth-order valence-electron chi connectivity index (χ4n) is 6.54. The van der Waals surface area contributed by atoms with Gasteiger partial charge in [-0.3, -0.25) is 19.2 Å². The van der Waals surface area contributed by atoms with Gasteiger partial charge in [0.1, 0.15) is 6.10 Å². The molecule has 4 rings (SSSR count). The lowest BCUT2D eigenvalue weighted by molar-refractivity contribution is -0.207. The minimum Gasteiger partial charge on any atom is -0.472 e. The minimum absolute atomic E-state index is 0.154. The molecular weight excluding hydrogens is 402 g/mol. The molecule has 31 heavy (non-hydrogen) atoms. The van der Waals surface area contributed by atoms with E-state index in [4.69, 9.17) is 13.9 Å². The molecule has 8 heteroatoms. The Hall–Kier alpha value is -2.64. The summed E-state index contributed by atoms with van der Waals surface area (Å²) in [7, 11) is 1.57. The Morgan fingerprint density at radius 3 is 2.58 bits per heavy atom. The lowest BCUT2D eigenvalue weighted by atomic mass is 9.43. The average molecular weight is 431 g/mol. The van der Waals surface area contributed by atoms with E-state index in [1.165, 1.54) is 13.2 Å². The van der Waals surface area contributed by atoms with Crippen molar-refractivity contribution in [2.75, 3.05) is 7.05 Å². The third kappa shape index (κ3) is 3.27. The Morgan fingerprint density at radius 2 is 1.97 bits per heavy atom. The maximum atomic E-state index is 13.7. The summed E-state index contributed by atoms with van der Waals surface area (Å²) < 4.78 is 16.3. The first-order chi connectivity index (χ1) is 14.6. The molecule has 1 amide bonds. The van der Waals surface area contributed by atoms with Crippen LogP contribution in [0.4, 0.5) is 0 Å². The summed E-state index contributed by atoms with van der Waals surface area (Å²) in [5.74, 6) is -2.86. The van der Waals surface area contributed by atoms with Crippen molar-refractivity contribution in [1.82, 2.24) is 5.32 Å². The van der Waals surface area contributed by atoms with Crippen LogP contribution in [0.15, 0.2) is 23.0 Å². The van der Waals surface area contributed by atoms with Crippen LogP contribution in [0.3, 0.4) is 0 Å². The van der Waals surface area contributed by atoms with Crippen molar-refractivity contribution < 1.29 is 33.1 Å². The van der Waals surface area contributed by atoms with E-state index in [9.17, 15) is 19.2 Å². The van der Waals surface area contributed by atoms with Crippen molar-refractivity contribution in [3.05, 3.63) is 24.2 Å². The number of amides is 1. The van der Waals surface area contributed by atoms with Crippen LogP contribution in [0.1, 0.15) is 58.1 Å². The first-order valence-corrected chi connectivity index (χ1v) is 10.8. The van der Waals surface area contributed by atoms with E-state index in [0.717, 1.165) is 5.56 Å². The summed E-state index contributed by atoms with van der Waals surface area (Å²) >= 11 is 0. The molecule has 1 aliphatic heterocycles. The van der Waals surface area contributed by atoms with Gasteiger partial charge in [0.25, 0.3) is 0 Å². The van der Waals surface area contributed by atoms with Crippen LogP contribution in [0, 0.1) is 28.6 Å². The van der Waals surface area contributed by atoms with Crippen LogP contribution < -0.4 is 5.32 Å². The molecule has 1 aromatic rings. The smallest absolute Gasteiger partial charge is 0.310 e. The number of hydrogen-bond acceptors (Lipinski definition) is 7. The van der Waals surface area contributed by atoms with Gasteiger partial charge < -0.3 is 19.2 Å². The van der Waals surface area contributed by atoms with E-state index in [2.05, 4.69) is 5.32 Å². The van der Waals surface area contributed by atoms with E-state index in [1.54, 1.807) is 19.4 Å². The Balaban J connectivity index is 1.80. The molecule has 0 aromatic carbocycles. The van der Waals surface area contributed by atoms with E-state index < -0.39 is 46.8 Å². The van der Waals surface area contributed by atoms with Crippen LogP contribution >= 0.6 is 0 Å². The van der Waals surface area contributed by atoms with Gasteiger partial charge in [0.2, 0.25) is 5.91 Å². The molecule has 1 aromatic heterocycles. The lowest BCUT2D eigenvalue weighted by Gasteiger charge is -2.61. The zero-order valence-electron chi connectivity index (χ0n) is 18.3. The van der Waals surface area contributed by atoms with Gasteiger partial charge in [-0.1, -0.05) is 13.8 Å². The van der Waals surface area contributed by atoms with Crippen LogP contribution in [0.5, 0.6) is 0 Å². The molecule has 0 bridgehead atoms. The number of furan rings is 1. The predicted octanol–water partition coefficient (Wildman–Crippen LogP) is 2.57. The second-order valence-electron chi connectivity index (χ2n) is 9.63. The molecule has 2 aliphatic carbocycles. The molecule has 8 nitrogen and oxygen atoms in total. The van der Waals surface area contributed by atoms with Crippen LogP contribution in [0.25, 0.3) is 0 Å². The van der Waals surface area contributed by atoms with E-state index in [1.807, 2.05) is 13.8 Å². The van der Waals surface area contributed by atoms with Gasteiger partial charge in [0, 0.05) is 37.8 Å². The largest absolute Gasteiger partial charge is 0.472 e. The highest BCUT2D eigenvalue weighted by Crippen LogP contribution is 2.65. The number of ether oxygens (including phenoxy) is 2. The third-order valence-corrected chi connectivity index (χ3v) is 7.89. The monoisotopic (exact) mass is 431 g/mol. The quantitative estimate of drug-likeness (QED) is 0.732. The number of carbonyl (C=O) groups excluding carboxylic acids is 4. The Kier molecular flexibility index (Phi) is 5.22.